The van der Waals surface area contributed by atoms with Crippen molar-refractivity contribution < 1.29 is 8.42 Å². The van der Waals surface area contributed by atoms with Crippen molar-refractivity contribution in [3.8, 4) is 0 Å². The minimum atomic E-state index is -3.38. The van der Waals surface area contributed by atoms with E-state index in [1.807, 2.05) is 19.1 Å². The van der Waals surface area contributed by atoms with Crippen LogP contribution in [0, 0.1) is 13.8 Å². The summed E-state index contributed by atoms with van der Waals surface area (Å²) in [5.41, 5.74) is 3.56. The number of rotatable bonds is 4. The molecule has 0 radical (unpaired) electrons. The van der Waals surface area contributed by atoms with Crippen molar-refractivity contribution in [3.05, 3.63) is 65.2 Å². The average Bonchev–Trinajstić information content (AvgIpc) is 2.57. The maximum atomic E-state index is 12.8. The highest BCUT2D eigenvalue weighted by Gasteiger charge is 2.28. The van der Waals surface area contributed by atoms with E-state index < -0.39 is 10.0 Å². The molecule has 1 fully saturated rings. The molecule has 0 unspecified atom stereocenters. The highest BCUT2D eigenvalue weighted by atomic mass is 32.2. The third-order valence-corrected chi connectivity index (χ3v) is 6.51. The monoisotopic (exact) mass is 344 g/mol. The van der Waals surface area contributed by atoms with Gasteiger partial charge in [0.15, 0.2) is 0 Å². The zero-order valence-electron chi connectivity index (χ0n) is 14.3. The van der Waals surface area contributed by atoms with E-state index in [9.17, 15) is 8.42 Å². The van der Waals surface area contributed by atoms with E-state index in [2.05, 4.69) is 30.0 Å². The number of sulfonamides is 1. The Labute approximate surface area is 144 Å². The van der Waals surface area contributed by atoms with Crippen LogP contribution in [0.1, 0.15) is 16.7 Å². The first-order valence-corrected chi connectivity index (χ1v) is 9.74. The second-order valence-electron chi connectivity index (χ2n) is 6.42. The van der Waals surface area contributed by atoms with Crippen molar-refractivity contribution in [2.75, 3.05) is 26.2 Å². The topological polar surface area (TPSA) is 40.6 Å². The molecule has 128 valence electrons. The van der Waals surface area contributed by atoms with Crippen LogP contribution in [0.15, 0.2) is 53.4 Å². The van der Waals surface area contributed by atoms with Crippen LogP contribution in [-0.2, 0) is 16.6 Å². The van der Waals surface area contributed by atoms with Crippen molar-refractivity contribution in [2.45, 2.75) is 25.3 Å². The largest absolute Gasteiger partial charge is 0.296 e. The molecule has 0 amide bonds. The van der Waals surface area contributed by atoms with Gasteiger partial charge in [0, 0.05) is 32.7 Å². The first-order valence-electron chi connectivity index (χ1n) is 8.30. The molecule has 0 bridgehead atoms. The van der Waals surface area contributed by atoms with E-state index in [-0.39, 0.29) is 0 Å². The molecule has 2 aromatic rings. The summed E-state index contributed by atoms with van der Waals surface area (Å²) in [6.07, 6.45) is 0. The molecule has 3 rings (SSSR count). The van der Waals surface area contributed by atoms with Crippen molar-refractivity contribution >= 4 is 10.0 Å². The Hall–Kier alpha value is -1.69. The van der Waals surface area contributed by atoms with Gasteiger partial charge in [0.2, 0.25) is 10.0 Å². The van der Waals surface area contributed by atoms with Gasteiger partial charge in [0.05, 0.1) is 4.90 Å². The fraction of sp³-hybridized carbons (Fsp3) is 0.368. The van der Waals surface area contributed by atoms with E-state index in [4.69, 9.17) is 0 Å². The molecule has 0 aromatic heterocycles. The van der Waals surface area contributed by atoms with E-state index in [0.717, 1.165) is 25.2 Å². The van der Waals surface area contributed by atoms with Crippen molar-refractivity contribution in [3.63, 3.8) is 0 Å². The first-order chi connectivity index (χ1) is 11.5. The number of benzene rings is 2. The number of piperazine rings is 1. The molecule has 24 heavy (non-hydrogen) atoms. The third kappa shape index (κ3) is 3.69. The zero-order chi connectivity index (χ0) is 17.2. The Morgan fingerprint density at radius 2 is 1.62 bits per heavy atom. The molecule has 0 atom stereocenters. The van der Waals surface area contributed by atoms with E-state index in [0.29, 0.717) is 18.0 Å². The maximum Gasteiger partial charge on any atom is 0.243 e. The maximum absolute atomic E-state index is 12.8. The zero-order valence-corrected chi connectivity index (χ0v) is 15.1. The summed E-state index contributed by atoms with van der Waals surface area (Å²) >= 11 is 0. The lowest BCUT2D eigenvalue weighted by molar-refractivity contribution is 0.181. The molecule has 1 saturated heterocycles. The Morgan fingerprint density at radius 3 is 2.29 bits per heavy atom. The molecule has 1 aliphatic rings. The van der Waals surface area contributed by atoms with Crippen LogP contribution >= 0.6 is 0 Å². The summed E-state index contributed by atoms with van der Waals surface area (Å²) in [4.78, 5) is 2.72. The normalized spacial score (nSPS) is 17.1. The quantitative estimate of drug-likeness (QED) is 0.856. The molecular formula is C19H24N2O2S. The fourth-order valence-corrected chi connectivity index (χ4v) is 4.61. The van der Waals surface area contributed by atoms with Crippen LogP contribution in [-0.4, -0.2) is 43.8 Å². The Kier molecular flexibility index (Phi) is 5.04. The predicted octanol–water partition coefficient (Wildman–Crippen LogP) is 2.81. The molecule has 5 heteroatoms. The summed E-state index contributed by atoms with van der Waals surface area (Å²) < 4.78 is 27.1. The molecular weight excluding hydrogens is 320 g/mol. The van der Waals surface area contributed by atoms with Gasteiger partial charge in [0.1, 0.15) is 0 Å². The molecule has 2 aromatic carbocycles. The third-order valence-electron chi connectivity index (χ3n) is 4.61. The molecule has 4 nitrogen and oxygen atoms in total. The van der Waals surface area contributed by atoms with Gasteiger partial charge in [-0.3, -0.25) is 4.90 Å². The minimum absolute atomic E-state index is 0.398. The Morgan fingerprint density at radius 1 is 0.917 bits per heavy atom. The van der Waals surface area contributed by atoms with Gasteiger partial charge >= 0.3 is 0 Å². The number of aryl methyl sites for hydroxylation is 2. The first kappa shape index (κ1) is 17.1. The second kappa shape index (κ2) is 7.05. The molecule has 0 spiro atoms. The van der Waals surface area contributed by atoms with Crippen LogP contribution in [0.4, 0.5) is 0 Å². The van der Waals surface area contributed by atoms with Crippen LogP contribution in [0.25, 0.3) is 0 Å². The summed E-state index contributed by atoms with van der Waals surface area (Å²) in [5.74, 6) is 0. The van der Waals surface area contributed by atoms with Crippen LogP contribution in [0.5, 0.6) is 0 Å². The highest BCUT2D eigenvalue weighted by molar-refractivity contribution is 7.89. The van der Waals surface area contributed by atoms with Crippen LogP contribution in [0.2, 0.25) is 0 Å². The summed E-state index contributed by atoms with van der Waals surface area (Å²) in [5, 5.41) is 0. The van der Waals surface area contributed by atoms with E-state index in [1.165, 1.54) is 11.1 Å². The molecule has 0 aliphatic carbocycles. The van der Waals surface area contributed by atoms with Gasteiger partial charge in [-0.1, -0.05) is 36.4 Å². The van der Waals surface area contributed by atoms with Crippen molar-refractivity contribution in [1.82, 2.24) is 9.21 Å². The molecule has 0 saturated carbocycles. The smallest absolute Gasteiger partial charge is 0.243 e. The van der Waals surface area contributed by atoms with Gasteiger partial charge in [-0.05, 0) is 42.7 Å². The minimum Gasteiger partial charge on any atom is -0.296 e. The standard InChI is InChI=1S/C19H24N2O2S/c1-16-6-5-9-19(14-16)24(22,23)21-12-10-20(11-13-21)15-18-8-4-3-7-17(18)2/h3-9,14H,10-13,15H2,1-2H3. The van der Waals surface area contributed by atoms with E-state index >= 15 is 0 Å². The molecule has 1 aliphatic heterocycles. The van der Waals surface area contributed by atoms with Crippen LogP contribution < -0.4 is 0 Å². The summed E-state index contributed by atoms with van der Waals surface area (Å²) in [6, 6.07) is 15.5. The highest BCUT2D eigenvalue weighted by Crippen LogP contribution is 2.20. The SMILES string of the molecule is Cc1cccc(S(=O)(=O)N2CCN(Cc3ccccc3C)CC2)c1. The molecule has 0 N–H and O–H groups in total. The lowest BCUT2D eigenvalue weighted by Crippen LogP contribution is -2.48. The average molecular weight is 344 g/mol. The van der Waals surface area contributed by atoms with Gasteiger partial charge in [-0.15, -0.1) is 0 Å². The summed E-state index contributed by atoms with van der Waals surface area (Å²) in [7, 11) is -3.38. The number of hydrogen-bond donors (Lipinski definition) is 0. The number of nitrogens with zero attached hydrogens (tertiary/aromatic N) is 2. The lowest BCUT2D eigenvalue weighted by atomic mass is 10.1. The summed E-state index contributed by atoms with van der Waals surface area (Å²) in [6.45, 7) is 7.53. The van der Waals surface area contributed by atoms with Gasteiger partial charge < -0.3 is 0 Å². The Bertz CT molecular complexity index is 810. The fourth-order valence-electron chi connectivity index (χ4n) is 3.08. The Balaban J connectivity index is 1.65. The number of hydrogen-bond acceptors (Lipinski definition) is 3. The van der Waals surface area contributed by atoms with Gasteiger partial charge in [-0.25, -0.2) is 8.42 Å². The molecule has 1 heterocycles. The second-order valence-corrected chi connectivity index (χ2v) is 8.36. The van der Waals surface area contributed by atoms with E-state index in [1.54, 1.807) is 22.5 Å². The van der Waals surface area contributed by atoms with Gasteiger partial charge in [0.25, 0.3) is 0 Å². The van der Waals surface area contributed by atoms with Crippen LogP contribution in [0.3, 0.4) is 0 Å². The lowest BCUT2D eigenvalue weighted by Gasteiger charge is -2.34. The van der Waals surface area contributed by atoms with Crippen molar-refractivity contribution in [1.29, 1.82) is 0 Å². The van der Waals surface area contributed by atoms with Gasteiger partial charge in [-0.2, -0.15) is 4.31 Å². The predicted molar refractivity (Wildman–Crippen MR) is 96.4 cm³/mol. The van der Waals surface area contributed by atoms with Crippen molar-refractivity contribution in [2.24, 2.45) is 0 Å².